The summed E-state index contributed by atoms with van der Waals surface area (Å²) >= 11 is 1.46. The molecule has 0 radical (unpaired) electrons. The Kier molecular flexibility index (Phi) is 4.05. The average Bonchev–Trinajstić information content (AvgIpc) is 2.65. The number of benzene rings is 1. The molecule has 1 fully saturated rings. The van der Waals surface area contributed by atoms with Gasteiger partial charge in [-0.3, -0.25) is 0 Å². The van der Waals surface area contributed by atoms with Gasteiger partial charge in [-0.1, -0.05) is 6.92 Å². The van der Waals surface area contributed by atoms with E-state index in [0.29, 0.717) is 22.1 Å². The van der Waals surface area contributed by atoms with Crippen LogP contribution in [-0.2, 0) is 0 Å². The van der Waals surface area contributed by atoms with Crippen LogP contribution in [0, 0.1) is 17.6 Å². The van der Waals surface area contributed by atoms with Crippen LogP contribution in [0.3, 0.4) is 0 Å². The molecule has 0 aromatic heterocycles. The zero-order valence-corrected chi connectivity index (χ0v) is 10.9. The summed E-state index contributed by atoms with van der Waals surface area (Å²) in [6.07, 6.45) is 2.15. The molecule has 1 N–H and O–H groups in total. The van der Waals surface area contributed by atoms with Gasteiger partial charge in [0, 0.05) is 16.2 Å². The lowest BCUT2D eigenvalue weighted by Crippen LogP contribution is -2.30. The SMILES string of the molecule is CNC1CCC(Sc2cc(F)ccc2F)C1C. The van der Waals surface area contributed by atoms with Crippen LogP contribution in [0.5, 0.6) is 0 Å². The molecule has 2 rings (SSSR count). The summed E-state index contributed by atoms with van der Waals surface area (Å²) in [5.41, 5.74) is 0. The van der Waals surface area contributed by atoms with Gasteiger partial charge in [-0.05, 0) is 44.0 Å². The normalized spacial score (nSPS) is 28.6. The van der Waals surface area contributed by atoms with E-state index < -0.39 is 0 Å². The lowest BCUT2D eigenvalue weighted by Gasteiger charge is -2.20. The molecule has 0 saturated heterocycles. The fourth-order valence-electron chi connectivity index (χ4n) is 2.43. The van der Waals surface area contributed by atoms with Crippen molar-refractivity contribution < 1.29 is 8.78 Å². The van der Waals surface area contributed by atoms with Crippen molar-refractivity contribution in [1.82, 2.24) is 5.32 Å². The Hall–Kier alpha value is -0.610. The number of thioether (sulfide) groups is 1. The molecule has 17 heavy (non-hydrogen) atoms. The Bertz CT molecular complexity index is 397. The minimum atomic E-state index is -0.371. The Labute approximate surface area is 105 Å². The first-order chi connectivity index (χ1) is 8.11. The molecule has 0 amide bonds. The zero-order valence-electron chi connectivity index (χ0n) is 10.0. The van der Waals surface area contributed by atoms with E-state index in [2.05, 4.69) is 12.2 Å². The number of nitrogens with one attached hydrogen (secondary N) is 1. The lowest BCUT2D eigenvalue weighted by atomic mass is 10.1. The van der Waals surface area contributed by atoms with Crippen molar-refractivity contribution in [2.24, 2.45) is 5.92 Å². The Morgan fingerprint density at radius 3 is 2.71 bits per heavy atom. The van der Waals surface area contributed by atoms with Gasteiger partial charge in [0.05, 0.1) is 0 Å². The van der Waals surface area contributed by atoms with Crippen LogP contribution >= 0.6 is 11.8 Å². The van der Waals surface area contributed by atoms with Crippen molar-refractivity contribution in [3.05, 3.63) is 29.8 Å². The number of halogens is 2. The van der Waals surface area contributed by atoms with Gasteiger partial charge in [-0.15, -0.1) is 11.8 Å². The van der Waals surface area contributed by atoms with E-state index in [-0.39, 0.29) is 11.6 Å². The fourth-order valence-corrected chi connectivity index (χ4v) is 3.78. The predicted molar refractivity (Wildman–Crippen MR) is 67.2 cm³/mol. The Morgan fingerprint density at radius 1 is 1.29 bits per heavy atom. The van der Waals surface area contributed by atoms with Crippen molar-refractivity contribution in [2.45, 2.75) is 36.0 Å². The zero-order chi connectivity index (χ0) is 12.4. The average molecular weight is 257 g/mol. The van der Waals surface area contributed by atoms with Crippen LogP contribution in [-0.4, -0.2) is 18.3 Å². The van der Waals surface area contributed by atoms with Crippen LogP contribution < -0.4 is 5.32 Å². The van der Waals surface area contributed by atoms with Gasteiger partial charge >= 0.3 is 0 Å². The maximum Gasteiger partial charge on any atom is 0.136 e. The lowest BCUT2D eigenvalue weighted by molar-refractivity contribution is 0.463. The first-order valence-corrected chi connectivity index (χ1v) is 6.78. The van der Waals surface area contributed by atoms with E-state index in [1.807, 2.05) is 7.05 Å². The molecule has 0 bridgehead atoms. The molecule has 1 aromatic rings. The highest BCUT2D eigenvalue weighted by atomic mass is 32.2. The molecule has 1 aromatic carbocycles. The molecule has 94 valence electrons. The smallest absolute Gasteiger partial charge is 0.136 e. The third-order valence-corrected chi connectivity index (χ3v) is 5.06. The molecule has 1 nitrogen and oxygen atoms in total. The van der Waals surface area contributed by atoms with Crippen LogP contribution in [0.25, 0.3) is 0 Å². The summed E-state index contributed by atoms with van der Waals surface area (Å²) in [6, 6.07) is 4.14. The van der Waals surface area contributed by atoms with E-state index in [0.717, 1.165) is 18.9 Å². The number of hydrogen-bond acceptors (Lipinski definition) is 2. The highest BCUT2D eigenvalue weighted by Crippen LogP contribution is 2.39. The summed E-state index contributed by atoms with van der Waals surface area (Å²) in [6.45, 7) is 2.17. The first-order valence-electron chi connectivity index (χ1n) is 5.91. The molecule has 1 aliphatic carbocycles. The molecule has 4 heteroatoms. The highest BCUT2D eigenvalue weighted by Gasteiger charge is 2.32. The van der Waals surface area contributed by atoms with Gasteiger partial charge in [0.25, 0.3) is 0 Å². The van der Waals surface area contributed by atoms with Gasteiger partial charge < -0.3 is 5.32 Å². The van der Waals surface area contributed by atoms with Gasteiger partial charge in [-0.25, -0.2) is 8.78 Å². The van der Waals surface area contributed by atoms with Crippen molar-refractivity contribution >= 4 is 11.8 Å². The molecule has 1 aliphatic rings. The molecule has 3 atom stereocenters. The van der Waals surface area contributed by atoms with Crippen molar-refractivity contribution in [1.29, 1.82) is 0 Å². The standard InChI is InChI=1S/C13H17F2NS/c1-8-11(16-2)5-6-12(8)17-13-7-9(14)3-4-10(13)15/h3-4,7-8,11-12,16H,5-6H2,1-2H3. The van der Waals surface area contributed by atoms with Gasteiger partial charge in [0.2, 0.25) is 0 Å². The minimum Gasteiger partial charge on any atom is -0.317 e. The predicted octanol–water partition coefficient (Wildman–Crippen LogP) is 3.44. The number of rotatable bonds is 3. The van der Waals surface area contributed by atoms with Gasteiger partial charge in [-0.2, -0.15) is 0 Å². The monoisotopic (exact) mass is 257 g/mol. The molecule has 0 heterocycles. The number of hydrogen-bond donors (Lipinski definition) is 1. The maximum atomic E-state index is 13.5. The molecular formula is C13H17F2NS. The molecule has 3 unspecified atom stereocenters. The second-order valence-electron chi connectivity index (χ2n) is 4.56. The van der Waals surface area contributed by atoms with E-state index in [4.69, 9.17) is 0 Å². The summed E-state index contributed by atoms with van der Waals surface area (Å²) in [7, 11) is 1.96. The largest absolute Gasteiger partial charge is 0.317 e. The minimum absolute atomic E-state index is 0.323. The summed E-state index contributed by atoms with van der Waals surface area (Å²) in [5, 5.41) is 3.64. The van der Waals surface area contributed by atoms with Crippen LogP contribution in [0.1, 0.15) is 19.8 Å². The van der Waals surface area contributed by atoms with Crippen molar-refractivity contribution in [2.75, 3.05) is 7.05 Å². The van der Waals surface area contributed by atoms with Crippen molar-refractivity contribution in [3.63, 3.8) is 0 Å². The Balaban J connectivity index is 2.09. The fraction of sp³-hybridized carbons (Fsp3) is 0.538. The third kappa shape index (κ3) is 2.80. The second-order valence-corrected chi connectivity index (χ2v) is 5.84. The topological polar surface area (TPSA) is 12.0 Å². The van der Waals surface area contributed by atoms with Crippen LogP contribution in [0.4, 0.5) is 8.78 Å². The van der Waals surface area contributed by atoms with Crippen molar-refractivity contribution in [3.8, 4) is 0 Å². The third-order valence-electron chi connectivity index (χ3n) is 3.53. The van der Waals surface area contributed by atoms with Gasteiger partial charge in [0.1, 0.15) is 11.6 Å². The molecule has 0 aliphatic heterocycles. The van der Waals surface area contributed by atoms with E-state index in [9.17, 15) is 8.78 Å². The Morgan fingerprint density at radius 2 is 2.06 bits per heavy atom. The molecule has 0 spiro atoms. The first kappa shape index (κ1) is 12.8. The summed E-state index contributed by atoms with van der Waals surface area (Å²) < 4.78 is 26.6. The highest BCUT2D eigenvalue weighted by molar-refractivity contribution is 8.00. The van der Waals surface area contributed by atoms with E-state index >= 15 is 0 Å². The maximum absolute atomic E-state index is 13.5. The molecule has 1 saturated carbocycles. The van der Waals surface area contributed by atoms with Gasteiger partial charge in [0.15, 0.2) is 0 Å². The second kappa shape index (κ2) is 5.36. The quantitative estimate of drug-likeness (QED) is 0.890. The van der Waals surface area contributed by atoms with E-state index in [1.165, 1.54) is 23.9 Å². The van der Waals surface area contributed by atoms with Crippen LogP contribution in [0.15, 0.2) is 23.1 Å². The molecular weight excluding hydrogens is 240 g/mol. The van der Waals surface area contributed by atoms with E-state index in [1.54, 1.807) is 0 Å². The summed E-state index contributed by atoms with van der Waals surface area (Å²) in [4.78, 5) is 0.429. The summed E-state index contributed by atoms with van der Waals surface area (Å²) in [5.74, 6) is -0.214. The van der Waals surface area contributed by atoms with Crippen LogP contribution in [0.2, 0.25) is 0 Å².